The molecule has 1 aliphatic heterocycles. The summed E-state index contributed by atoms with van der Waals surface area (Å²) in [5.74, 6) is 1.80. The molecule has 1 N–H and O–H groups in total. The van der Waals surface area contributed by atoms with Crippen LogP contribution in [0.3, 0.4) is 0 Å². The van der Waals surface area contributed by atoms with Crippen molar-refractivity contribution < 1.29 is 9.26 Å². The van der Waals surface area contributed by atoms with Crippen molar-refractivity contribution in [1.29, 1.82) is 0 Å². The summed E-state index contributed by atoms with van der Waals surface area (Å²) in [5, 5.41) is 7.32. The normalized spacial score (nSPS) is 23.2. The lowest BCUT2D eigenvalue weighted by molar-refractivity contribution is 0.109. The first-order valence-electron chi connectivity index (χ1n) is 6.86. The van der Waals surface area contributed by atoms with E-state index in [1.807, 2.05) is 7.05 Å². The predicted octanol–water partition coefficient (Wildman–Crippen LogP) is 1.89. The van der Waals surface area contributed by atoms with Crippen molar-refractivity contribution in [3.63, 3.8) is 0 Å². The third-order valence-corrected chi connectivity index (χ3v) is 3.73. The molecule has 2 heterocycles. The fourth-order valence-corrected chi connectivity index (χ4v) is 2.45. The fourth-order valence-electron chi connectivity index (χ4n) is 2.45. The van der Waals surface area contributed by atoms with Gasteiger partial charge in [-0.05, 0) is 33.2 Å². The van der Waals surface area contributed by atoms with E-state index >= 15 is 0 Å². The summed E-state index contributed by atoms with van der Waals surface area (Å²) in [7, 11) is 1.96. The third kappa shape index (κ3) is 3.09. The van der Waals surface area contributed by atoms with Gasteiger partial charge < -0.3 is 14.6 Å². The molecule has 5 heteroatoms. The number of hydrogen-bond acceptors (Lipinski definition) is 5. The molecule has 0 bridgehead atoms. The monoisotopic (exact) mass is 253 g/mol. The van der Waals surface area contributed by atoms with Crippen molar-refractivity contribution in [3.05, 3.63) is 11.7 Å². The molecule has 3 atom stereocenters. The lowest BCUT2D eigenvalue weighted by Gasteiger charge is -2.17. The van der Waals surface area contributed by atoms with E-state index in [2.05, 4.69) is 29.3 Å². The van der Waals surface area contributed by atoms with Gasteiger partial charge in [0.25, 0.3) is 0 Å². The van der Waals surface area contributed by atoms with Crippen LogP contribution in [0.1, 0.15) is 50.7 Å². The maximum atomic E-state index is 5.59. The lowest BCUT2D eigenvalue weighted by Crippen LogP contribution is -2.28. The maximum absolute atomic E-state index is 5.59. The van der Waals surface area contributed by atoms with Crippen molar-refractivity contribution in [3.8, 4) is 0 Å². The summed E-state index contributed by atoms with van der Waals surface area (Å²) >= 11 is 0. The fraction of sp³-hybridized carbons (Fsp3) is 0.846. The van der Waals surface area contributed by atoms with Crippen LogP contribution in [0.25, 0.3) is 0 Å². The van der Waals surface area contributed by atoms with Crippen molar-refractivity contribution in [1.82, 2.24) is 15.5 Å². The molecular formula is C13H23N3O2. The summed E-state index contributed by atoms with van der Waals surface area (Å²) in [6, 6.07) is 0.339. The minimum atomic E-state index is 0.275. The molecule has 0 radical (unpaired) electrons. The molecule has 1 aliphatic rings. The zero-order valence-electron chi connectivity index (χ0n) is 11.5. The summed E-state index contributed by atoms with van der Waals surface area (Å²) in [4.78, 5) is 4.52. The molecule has 1 fully saturated rings. The SMILES string of the molecule is CCC(c1nc(CC2CCCO2)no1)C(C)NC. The van der Waals surface area contributed by atoms with Gasteiger partial charge in [0.05, 0.1) is 12.0 Å². The van der Waals surface area contributed by atoms with Crippen LogP contribution < -0.4 is 5.32 Å². The molecule has 0 saturated carbocycles. The van der Waals surface area contributed by atoms with Gasteiger partial charge in [-0.2, -0.15) is 4.98 Å². The van der Waals surface area contributed by atoms with Crippen LogP contribution in [-0.4, -0.2) is 35.9 Å². The largest absolute Gasteiger partial charge is 0.378 e. The highest BCUT2D eigenvalue weighted by Gasteiger charge is 2.24. The van der Waals surface area contributed by atoms with Crippen LogP contribution >= 0.6 is 0 Å². The average molecular weight is 253 g/mol. The van der Waals surface area contributed by atoms with Gasteiger partial charge in [0.15, 0.2) is 5.82 Å². The van der Waals surface area contributed by atoms with E-state index in [0.717, 1.165) is 44.0 Å². The Morgan fingerprint density at radius 1 is 1.50 bits per heavy atom. The first kappa shape index (κ1) is 13.5. The van der Waals surface area contributed by atoms with Gasteiger partial charge in [0, 0.05) is 19.1 Å². The molecule has 5 nitrogen and oxygen atoms in total. The summed E-state index contributed by atoms with van der Waals surface area (Å²) in [5.41, 5.74) is 0. The van der Waals surface area contributed by atoms with Crippen LogP contribution in [-0.2, 0) is 11.2 Å². The Kier molecular flexibility index (Phi) is 4.72. The van der Waals surface area contributed by atoms with Gasteiger partial charge in [-0.1, -0.05) is 12.1 Å². The first-order chi connectivity index (χ1) is 8.74. The second-order valence-corrected chi connectivity index (χ2v) is 4.98. The van der Waals surface area contributed by atoms with Crippen LogP contribution in [0.5, 0.6) is 0 Å². The van der Waals surface area contributed by atoms with Gasteiger partial charge in [0.2, 0.25) is 5.89 Å². The minimum absolute atomic E-state index is 0.275. The van der Waals surface area contributed by atoms with Gasteiger partial charge >= 0.3 is 0 Å². The van der Waals surface area contributed by atoms with E-state index in [0.29, 0.717) is 6.04 Å². The van der Waals surface area contributed by atoms with Crippen molar-refractivity contribution in [2.45, 2.75) is 57.6 Å². The van der Waals surface area contributed by atoms with Gasteiger partial charge in [-0.3, -0.25) is 0 Å². The lowest BCUT2D eigenvalue weighted by atomic mass is 9.98. The molecule has 0 aromatic carbocycles. The number of ether oxygens (including phenoxy) is 1. The molecular weight excluding hydrogens is 230 g/mol. The third-order valence-electron chi connectivity index (χ3n) is 3.73. The summed E-state index contributed by atoms with van der Waals surface area (Å²) < 4.78 is 11.0. The van der Waals surface area contributed by atoms with E-state index in [-0.39, 0.29) is 12.0 Å². The zero-order chi connectivity index (χ0) is 13.0. The van der Waals surface area contributed by atoms with Crippen molar-refractivity contribution >= 4 is 0 Å². The average Bonchev–Trinajstić information content (AvgIpc) is 3.02. The van der Waals surface area contributed by atoms with Gasteiger partial charge in [0.1, 0.15) is 0 Å². The molecule has 1 aromatic heterocycles. The molecule has 102 valence electrons. The number of nitrogens with one attached hydrogen (secondary N) is 1. The molecule has 18 heavy (non-hydrogen) atoms. The smallest absolute Gasteiger partial charge is 0.231 e. The quantitative estimate of drug-likeness (QED) is 0.839. The van der Waals surface area contributed by atoms with Crippen molar-refractivity contribution in [2.75, 3.05) is 13.7 Å². The molecule has 1 aromatic rings. The van der Waals surface area contributed by atoms with E-state index in [4.69, 9.17) is 9.26 Å². The Balaban J connectivity index is 1.99. The van der Waals surface area contributed by atoms with Gasteiger partial charge in [-0.25, -0.2) is 0 Å². The number of aromatic nitrogens is 2. The predicted molar refractivity (Wildman–Crippen MR) is 68.5 cm³/mol. The molecule has 1 saturated heterocycles. The standard InChI is InChI=1S/C13H23N3O2/c1-4-11(9(2)14-3)13-15-12(16-18-13)8-10-6-5-7-17-10/h9-11,14H,4-8H2,1-3H3. The molecule has 3 unspecified atom stereocenters. The van der Waals surface area contributed by atoms with E-state index < -0.39 is 0 Å². The highest BCUT2D eigenvalue weighted by atomic mass is 16.5. The molecule has 2 rings (SSSR count). The van der Waals surface area contributed by atoms with Crippen molar-refractivity contribution in [2.24, 2.45) is 0 Å². The molecule has 0 aliphatic carbocycles. The Hall–Kier alpha value is -0.940. The van der Waals surface area contributed by atoms with Gasteiger partial charge in [-0.15, -0.1) is 0 Å². The van der Waals surface area contributed by atoms with Crippen LogP contribution in [0.15, 0.2) is 4.52 Å². The summed E-state index contributed by atoms with van der Waals surface area (Å²) in [6.07, 6.45) is 4.28. The number of likely N-dealkylation sites (N-methyl/N-ethyl adjacent to an activating group) is 1. The second kappa shape index (κ2) is 6.29. The number of nitrogens with zero attached hydrogens (tertiary/aromatic N) is 2. The second-order valence-electron chi connectivity index (χ2n) is 4.98. The highest BCUT2D eigenvalue weighted by Crippen LogP contribution is 2.22. The minimum Gasteiger partial charge on any atom is -0.378 e. The van der Waals surface area contributed by atoms with Crippen LogP contribution in [0.4, 0.5) is 0 Å². The Morgan fingerprint density at radius 2 is 2.33 bits per heavy atom. The van der Waals surface area contributed by atoms with E-state index in [1.54, 1.807) is 0 Å². The Labute approximate surface area is 108 Å². The zero-order valence-corrected chi connectivity index (χ0v) is 11.5. The Morgan fingerprint density at radius 3 is 2.94 bits per heavy atom. The summed E-state index contributed by atoms with van der Waals surface area (Å²) in [6.45, 7) is 5.14. The molecule has 0 amide bonds. The van der Waals surface area contributed by atoms with Crippen LogP contribution in [0.2, 0.25) is 0 Å². The molecule has 0 spiro atoms. The topological polar surface area (TPSA) is 60.2 Å². The number of rotatable bonds is 6. The highest BCUT2D eigenvalue weighted by molar-refractivity contribution is 4.99. The Bertz CT molecular complexity index is 361. The van der Waals surface area contributed by atoms with E-state index in [1.165, 1.54) is 0 Å². The van der Waals surface area contributed by atoms with E-state index in [9.17, 15) is 0 Å². The first-order valence-corrected chi connectivity index (χ1v) is 6.86. The number of hydrogen-bond donors (Lipinski definition) is 1. The van der Waals surface area contributed by atoms with Crippen LogP contribution in [0, 0.1) is 0 Å². The maximum Gasteiger partial charge on any atom is 0.231 e.